The molecule has 1 aromatic carbocycles. The molecule has 162 valence electrons. The molecule has 2 amide bonds. The zero-order chi connectivity index (χ0) is 21.9. The number of rotatable bonds is 2. The molecule has 0 spiro atoms. The van der Waals surface area contributed by atoms with Gasteiger partial charge in [0.25, 0.3) is 0 Å². The SMILES string of the molecule is CC(C)(C)OC(=O)N1CCC(C(=O)N2CCN(c3cccc(F)c3C#N)CC2)CC1. The number of carbonyl (C=O) groups is 2. The lowest BCUT2D eigenvalue weighted by molar-refractivity contribution is -0.137. The zero-order valence-electron chi connectivity index (χ0n) is 17.9. The highest BCUT2D eigenvalue weighted by molar-refractivity contribution is 5.80. The van der Waals surface area contributed by atoms with Crippen LogP contribution in [-0.4, -0.2) is 66.7 Å². The fourth-order valence-electron chi connectivity index (χ4n) is 3.95. The largest absolute Gasteiger partial charge is 0.444 e. The lowest BCUT2D eigenvalue weighted by Gasteiger charge is -2.39. The van der Waals surface area contributed by atoms with E-state index in [1.54, 1.807) is 17.0 Å². The second-order valence-corrected chi connectivity index (χ2v) is 8.80. The highest BCUT2D eigenvalue weighted by Gasteiger charge is 2.33. The van der Waals surface area contributed by atoms with Crippen LogP contribution in [0.3, 0.4) is 0 Å². The van der Waals surface area contributed by atoms with E-state index >= 15 is 0 Å². The van der Waals surface area contributed by atoms with Gasteiger partial charge in [0.1, 0.15) is 23.1 Å². The Balaban J connectivity index is 1.51. The second-order valence-electron chi connectivity index (χ2n) is 8.80. The van der Waals surface area contributed by atoms with Crippen LogP contribution in [-0.2, 0) is 9.53 Å². The Morgan fingerprint density at radius 1 is 1.07 bits per heavy atom. The van der Waals surface area contributed by atoms with Gasteiger partial charge in [-0.05, 0) is 45.7 Å². The molecule has 0 bridgehead atoms. The maximum absolute atomic E-state index is 13.9. The van der Waals surface area contributed by atoms with Crippen LogP contribution >= 0.6 is 0 Å². The Morgan fingerprint density at radius 2 is 1.70 bits per heavy atom. The quantitative estimate of drug-likeness (QED) is 0.741. The molecular formula is C22H29FN4O3. The molecule has 2 fully saturated rings. The predicted molar refractivity (Wildman–Crippen MR) is 110 cm³/mol. The van der Waals surface area contributed by atoms with Gasteiger partial charge < -0.3 is 19.4 Å². The summed E-state index contributed by atoms with van der Waals surface area (Å²) in [5.74, 6) is -0.512. The van der Waals surface area contributed by atoms with Crippen LogP contribution in [0.5, 0.6) is 0 Å². The van der Waals surface area contributed by atoms with Crippen molar-refractivity contribution in [1.29, 1.82) is 5.26 Å². The molecular weight excluding hydrogens is 387 g/mol. The Morgan fingerprint density at radius 3 is 2.27 bits per heavy atom. The van der Waals surface area contributed by atoms with Gasteiger partial charge in [-0.2, -0.15) is 5.26 Å². The third-order valence-electron chi connectivity index (χ3n) is 5.53. The number of anilines is 1. The van der Waals surface area contributed by atoms with Crippen molar-refractivity contribution in [3.8, 4) is 6.07 Å². The fraction of sp³-hybridized carbons (Fsp3) is 0.591. The van der Waals surface area contributed by atoms with Crippen molar-refractivity contribution in [1.82, 2.24) is 9.80 Å². The third kappa shape index (κ3) is 5.02. The first-order valence-electron chi connectivity index (χ1n) is 10.4. The van der Waals surface area contributed by atoms with Crippen molar-refractivity contribution >= 4 is 17.7 Å². The summed E-state index contributed by atoms with van der Waals surface area (Å²) in [5.41, 5.74) is 0.0957. The topological polar surface area (TPSA) is 76.9 Å². The third-order valence-corrected chi connectivity index (χ3v) is 5.53. The van der Waals surface area contributed by atoms with Gasteiger partial charge in [-0.25, -0.2) is 9.18 Å². The van der Waals surface area contributed by atoms with E-state index in [4.69, 9.17) is 4.74 Å². The molecule has 2 aliphatic heterocycles. The predicted octanol–water partition coefficient (Wildman–Crippen LogP) is 2.99. The molecule has 30 heavy (non-hydrogen) atoms. The number of hydrogen-bond donors (Lipinski definition) is 0. The second kappa shape index (κ2) is 8.90. The fourth-order valence-corrected chi connectivity index (χ4v) is 3.95. The zero-order valence-corrected chi connectivity index (χ0v) is 17.9. The minimum atomic E-state index is -0.531. The van der Waals surface area contributed by atoms with Gasteiger partial charge in [0.15, 0.2) is 0 Å². The highest BCUT2D eigenvalue weighted by Crippen LogP contribution is 2.26. The molecule has 0 aromatic heterocycles. The lowest BCUT2D eigenvalue weighted by Crippen LogP contribution is -2.52. The summed E-state index contributed by atoms with van der Waals surface area (Å²) in [6.45, 7) is 8.72. The van der Waals surface area contributed by atoms with Crippen molar-refractivity contribution in [2.75, 3.05) is 44.2 Å². The van der Waals surface area contributed by atoms with E-state index in [2.05, 4.69) is 0 Å². The van der Waals surface area contributed by atoms with Crippen LogP contribution in [0.25, 0.3) is 0 Å². The van der Waals surface area contributed by atoms with Crippen LogP contribution in [0.1, 0.15) is 39.2 Å². The number of ether oxygens (including phenoxy) is 1. The molecule has 2 heterocycles. The molecule has 0 radical (unpaired) electrons. The first-order valence-corrected chi connectivity index (χ1v) is 10.4. The summed E-state index contributed by atoms with van der Waals surface area (Å²) in [6.07, 6.45) is 0.923. The average molecular weight is 416 g/mol. The van der Waals surface area contributed by atoms with Crippen molar-refractivity contribution < 1.29 is 18.7 Å². The normalized spacial score (nSPS) is 18.2. The number of hydrogen-bond acceptors (Lipinski definition) is 5. The van der Waals surface area contributed by atoms with E-state index in [0.717, 1.165) is 0 Å². The molecule has 0 N–H and O–H groups in total. The number of likely N-dealkylation sites (tertiary alicyclic amines) is 1. The molecule has 2 saturated heterocycles. The summed E-state index contributed by atoms with van der Waals surface area (Å²) in [5, 5.41) is 9.24. The van der Waals surface area contributed by atoms with Gasteiger partial charge >= 0.3 is 6.09 Å². The Kier molecular flexibility index (Phi) is 6.49. The minimum absolute atomic E-state index is 0.0480. The molecule has 8 heteroatoms. The van der Waals surface area contributed by atoms with E-state index in [1.807, 2.05) is 36.6 Å². The number of carbonyl (C=O) groups excluding carboxylic acids is 2. The van der Waals surface area contributed by atoms with E-state index in [-0.39, 0.29) is 23.5 Å². The molecule has 7 nitrogen and oxygen atoms in total. The van der Waals surface area contributed by atoms with Gasteiger partial charge in [0.05, 0.1) is 5.69 Å². The molecule has 1 aromatic rings. The maximum Gasteiger partial charge on any atom is 0.410 e. The number of nitriles is 1. The summed E-state index contributed by atoms with van der Waals surface area (Å²) in [4.78, 5) is 30.6. The van der Waals surface area contributed by atoms with Crippen LogP contribution in [0.4, 0.5) is 14.9 Å². The van der Waals surface area contributed by atoms with Gasteiger partial charge in [0, 0.05) is 45.2 Å². The van der Waals surface area contributed by atoms with Crippen molar-refractivity contribution in [3.05, 3.63) is 29.6 Å². The Bertz CT molecular complexity index is 830. The van der Waals surface area contributed by atoms with E-state index in [1.165, 1.54) is 6.07 Å². The Labute approximate surface area is 177 Å². The van der Waals surface area contributed by atoms with Crippen molar-refractivity contribution in [2.24, 2.45) is 5.92 Å². The number of piperazine rings is 1. The molecule has 0 atom stereocenters. The summed E-state index contributed by atoms with van der Waals surface area (Å²) >= 11 is 0. The van der Waals surface area contributed by atoms with Crippen molar-refractivity contribution in [3.63, 3.8) is 0 Å². The standard InChI is InChI=1S/C22H29FN4O3/c1-22(2,3)30-21(29)27-9-7-16(8-10-27)20(28)26-13-11-25(12-14-26)19-6-4-5-18(23)17(19)15-24/h4-6,16H,7-14H2,1-3H3. The van der Waals surface area contributed by atoms with Crippen LogP contribution < -0.4 is 4.90 Å². The Hall–Kier alpha value is -2.82. The van der Waals surface area contributed by atoms with E-state index < -0.39 is 11.4 Å². The summed E-state index contributed by atoms with van der Waals surface area (Å²) in [7, 11) is 0. The monoisotopic (exact) mass is 416 g/mol. The van der Waals surface area contributed by atoms with Crippen LogP contribution in [0.2, 0.25) is 0 Å². The number of piperidine rings is 1. The lowest BCUT2D eigenvalue weighted by atomic mass is 9.95. The van der Waals surface area contributed by atoms with Crippen molar-refractivity contribution in [2.45, 2.75) is 39.2 Å². The van der Waals surface area contributed by atoms with Gasteiger partial charge in [-0.15, -0.1) is 0 Å². The number of nitrogens with zero attached hydrogens (tertiary/aromatic N) is 4. The summed E-state index contributed by atoms with van der Waals surface area (Å²) < 4.78 is 19.3. The van der Waals surface area contributed by atoms with Gasteiger partial charge in [0.2, 0.25) is 5.91 Å². The van der Waals surface area contributed by atoms with Gasteiger partial charge in [-0.3, -0.25) is 4.79 Å². The molecule has 0 unspecified atom stereocenters. The first kappa shape index (κ1) is 21.9. The average Bonchev–Trinajstić information content (AvgIpc) is 2.72. The molecule has 0 aliphatic carbocycles. The summed E-state index contributed by atoms with van der Waals surface area (Å²) in [6, 6.07) is 6.56. The highest BCUT2D eigenvalue weighted by atomic mass is 19.1. The van der Waals surface area contributed by atoms with Crippen LogP contribution in [0.15, 0.2) is 18.2 Å². The van der Waals surface area contributed by atoms with E-state index in [0.29, 0.717) is 57.8 Å². The van der Waals surface area contributed by atoms with E-state index in [9.17, 15) is 19.2 Å². The number of halogens is 1. The van der Waals surface area contributed by atoms with Gasteiger partial charge in [-0.1, -0.05) is 6.07 Å². The maximum atomic E-state index is 13.9. The number of benzene rings is 1. The molecule has 0 saturated carbocycles. The van der Waals surface area contributed by atoms with Crippen LogP contribution in [0, 0.1) is 23.1 Å². The molecule has 3 rings (SSSR count). The smallest absolute Gasteiger partial charge is 0.410 e. The number of amides is 2. The first-order chi connectivity index (χ1) is 14.2. The minimum Gasteiger partial charge on any atom is -0.444 e. The molecule has 2 aliphatic rings.